The number of nitrogens with zero attached hydrogens (tertiary/aromatic N) is 4. The first-order valence-corrected chi connectivity index (χ1v) is 13.8. The van der Waals surface area contributed by atoms with Crippen LogP contribution in [0.25, 0.3) is 11.2 Å². The van der Waals surface area contributed by atoms with Crippen LogP contribution < -0.4 is 0 Å². The lowest BCUT2D eigenvalue weighted by atomic mass is 10.1. The molecule has 11 nitrogen and oxygen atoms in total. The van der Waals surface area contributed by atoms with E-state index in [1.165, 1.54) is 33.4 Å². The van der Waals surface area contributed by atoms with Gasteiger partial charge < -0.3 is 18.9 Å². The lowest BCUT2D eigenvalue weighted by molar-refractivity contribution is -0.166. The van der Waals surface area contributed by atoms with Crippen LogP contribution in [0.3, 0.4) is 0 Å². The van der Waals surface area contributed by atoms with Gasteiger partial charge in [0, 0.05) is 20.8 Å². The van der Waals surface area contributed by atoms with Gasteiger partial charge in [-0.1, -0.05) is 25.6 Å². The molecule has 0 N–H and O–H groups in total. The maximum absolute atomic E-state index is 11.8. The molecule has 2 aromatic heterocycles. The molecule has 0 aliphatic carbocycles. The smallest absolute Gasteiger partial charge is 0.303 e. The van der Waals surface area contributed by atoms with E-state index in [1.807, 2.05) is 0 Å². The van der Waals surface area contributed by atoms with Crippen molar-refractivity contribution in [2.75, 3.05) is 6.61 Å². The van der Waals surface area contributed by atoms with Crippen molar-refractivity contribution < 1.29 is 33.3 Å². The van der Waals surface area contributed by atoms with E-state index in [4.69, 9.17) is 18.9 Å². The standard InChI is InChI=1S/C21H26N4O7Si/c1-12(26)29-9-16-18(30-13(2)27)19(31-14(3)28)21(32-16)25-11-24-17-15(7-8-33(4,5)6)22-10-23-20(17)25/h10-11,16,18-19,21H,9H2,1-6H3/t16-,18-,19-,21-/m1/s1. The molecule has 1 aliphatic heterocycles. The third-order valence-electron chi connectivity index (χ3n) is 4.53. The number of aromatic nitrogens is 4. The molecule has 0 spiro atoms. The zero-order chi connectivity index (χ0) is 24.3. The molecule has 1 fully saturated rings. The van der Waals surface area contributed by atoms with Crippen molar-refractivity contribution >= 4 is 37.1 Å². The summed E-state index contributed by atoms with van der Waals surface area (Å²) in [5, 5.41) is 0. The Balaban J connectivity index is 2.04. The molecule has 0 radical (unpaired) electrons. The molecule has 0 amide bonds. The quantitative estimate of drug-likeness (QED) is 0.271. The van der Waals surface area contributed by atoms with Crippen molar-refractivity contribution in [1.82, 2.24) is 19.5 Å². The maximum atomic E-state index is 11.8. The maximum Gasteiger partial charge on any atom is 0.303 e. The van der Waals surface area contributed by atoms with E-state index < -0.39 is 50.5 Å². The van der Waals surface area contributed by atoms with E-state index in [1.54, 1.807) is 4.57 Å². The Kier molecular flexibility index (Phi) is 7.14. The highest BCUT2D eigenvalue weighted by Gasteiger charge is 2.51. The first kappa shape index (κ1) is 24.3. The Morgan fingerprint density at radius 1 is 1.03 bits per heavy atom. The van der Waals surface area contributed by atoms with Gasteiger partial charge in [-0.25, -0.2) is 15.0 Å². The second-order valence-corrected chi connectivity index (χ2v) is 13.3. The minimum absolute atomic E-state index is 0.198. The van der Waals surface area contributed by atoms with Crippen molar-refractivity contribution in [3.63, 3.8) is 0 Å². The molecule has 0 aromatic carbocycles. The predicted molar refractivity (Wildman–Crippen MR) is 117 cm³/mol. The SMILES string of the molecule is CC(=O)OC[C@H]1O[C@@H](n2cnc3c(C#C[Si](C)(C)C)ncnc32)[C@H](OC(C)=O)[C@@H]1OC(C)=O. The fourth-order valence-corrected chi connectivity index (χ4v) is 3.79. The van der Waals surface area contributed by atoms with Crippen LogP contribution in [0, 0.1) is 11.5 Å². The van der Waals surface area contributed by atoms with Crippen LogP contribution in [-0.2, 0) is 33.3 Å². The molecular formula is C21H26N4O7Si. The topological polar surface area (TPSA) is 132 Å². The van der Waals surface area contributed by atoms with Gasteiger partial charge in [0.2, 0.25) is 0 Å². The number of hydrogen-bond donors (Lipinski definition) is 0. The van der Waals surface area contributed by atoms with Crippen LogP contribution in [0.1, 0.15) is 32.7 Å². The average Bonchev–Trinajstić information content (AvgIpc) is 3.26. The molecule has 1 aliphatic rings. The van der Waals surface area contributed by atoms with Gasteiger partial charge in [-0.05, 0) is 0 Å². The highest BCUT2D eigenvalue weighted by Crippen LogP contribution is 2.36. The summed E-state index contributed by atoms with van der Waals surface area (Å²) in [5.41, 5.74) is 4.58. The number of carbonyl (C=O) groups is 3. The molecule has 3 heterocycles. The van der Waals surface area contributed by atoms with Crippen LogP contribution in [0.5, 0.6) is 0 Å². The highest BCUT2D eigenvalue weighted by molar-refractivity contribution is 6.83. The third-order valence-corrected chi connectivity index (χ3v) is 5.40. The van der Waals surface area contributed by atoms with E-state index in [0.717, 1.165) is 0 Å². The van der Waals surface area contributed by atoms with Gasteiger partial charge in [-0.3, -0.25) is 19.0 Å². The van der Waals surface area contributed by atoms with Crippen LogP contribution >= 0.6 is 0 Å². The zero-order valence-corrected chi connectivity index (χ0v) is 20.3. The summed E-state index contributed by atoms with van der Waals surface area (Å²) < 4.78 is 23.5. The largest absolute Gasteiger partial charge is 0.463 e. The number of rotatable bonds is 5. The average molecular weight is 475 g/mol. The second kappa shape index (κ2) is 9.68. The molecule has 12 heteroatoms. The summed E-state index contributed by atoms with van der Waals surface area (Å²) in [6.45, 7) is 9.86. The monoisotopic (exact) mass is 474 g/mol. The summed E-state index contributed by atoms with van der Waals surface area (Å²) in [4.78, 5) is 47.9. The van der Waals surface area contributed by atoms with Crippen LogP contribution in [0.2, 0.25) is 19.6 Å². The van der Waals surface area contributed by atoms with Crippen molar-refractivity contribution in [1.29, 1.82) is 0 Å². The Labute approximate surface area is 191 Å². The normalized spacial score (nSPS) is 22.4. The Morgan fingerprint density at radius 3 is 2.30 bits per heavy atom. The van der Waals surface area contributed by atoms with Crippen LogP contribution in [-0.4, -0.2) is 70.4 Å². The van der Waals surface area contributed by atoms with Crippen molar-refractivity contribution in [3.05, 3.63) is 18.3 Å². The summed E-state index contributed by atoms with van der Waals surface area (Å²) in [6.07, 6.45) is -1.03. The number of ether oxygens (including phenoxy) is 4. The fourth-order valence-electron chi connectivity index (χ4n) is 3.29. The summed E-state index contributed by atoms with van der Waals surface area (Å²) in [7, 11) is -1.66. The lowest BCUT2D eigenvalue weighted by Crippen LogP contribution is -2.40. The van der Waals surface area contributed by atoms with Crippen LogP contribution in [0.15, 0.2) is 12.7 Å². The van der Waals surface area contributed by atoms with Gasteiger partial charge in [0.15, 0.2) is 24.1 Å². The van der Waals surface area contributed by atoms with E-state index in [2.05, 4.69) is 46.1 Å². The molecule has 2 aromatic rings. The minimum atomic E-state index is -1.66. The Hall–Kier alpha value is -3.30. The van der Waals surface area contributed by atoms with E-state index >= 15 is 0 Å². The van der Waals surface area contributed by atoms with E-state index in [0.29, 0.717) is 16.9 Å². The highest BCUT2D eigenvalue weighted by atomic mass is 28.3. The molecule has 0 unspecified atom stereocenters. The van der Waals surface area contributed by atoms with Crippen molar-refractivity contribution in [2.24, 2.45) is 0 Å². The van der Waals surface area contributed by atoms with E-state index in [9.17, 15) is 14.4 Å². The van der Waals surface area contributed by atoms with Crippen molar-refractivity contribution in [3.8, 4) is 11.5 Å². The molecule has 4 atom stereocenters. The second-order valence-electron chi connectivity index (χ2n) is 8.56. The first-order valence-electron chi connectivity index (χ1n) is 10.3. The first-order chi connectivity index (χ1) is 15.5. The number of esters is 3. The van der Waals surface area contributed by atoms with Gasteiger partial charge in [-0.15, -0.1) is 5.54 Å². The summed E-state index contributed by atoms with van der Waals surface area (Å²) >= 11 is 0. The summed E-state index contributed by atoms with van der Waals surface area (Å²) in [5.74, 6) is 1.36. The van der Waals surface area contributed by atoms with Gasteiger partial charge >= 0.3 is 17.9 Å². The predicted octanol–water partition coefficient (Wildman–Crippen LogP) is 1.38. The van der Waals surface area contributed by atoms with Gasteiger partial charge in [0.25, 0.3) is 0 Å². The van der Waals surface area contributed by atoms with Crippen molar-refractivity contribution in [2.45, 2.75) is 65.0 Å². The van der Waals surface area contributed by atoms with E-state index in [-0.39, 0.29) is 6.61 Å². The lowest BCUT2D eigenvalue weighted by Gasteiger charge is -2.23. The number of hydrogen-bond acceptors (Lipinski definition) is 10. The molecule has 3 rings (SSSR count). The number of carbonyl (C=O) groups excluding carboxylic acids is 3. The molecule has 176 valence electrons. The zero-order valence-electron chi connectivity index (χ0n) is 19.3. The van der Waals surface area contributed by atoms with Gasteiger partial charge in [0.05, 0.1) is 6.33 Å². The Bertz CT molecular complexity index is 1130. The number of imidazole rings is 1. The molecule has 33 heavy (non-hydrogen) atoms. The minimum Gasteiger partial charge on any atom is -0.463 e. The third kappa shape index (κ3) is 5.94. The number of fused-ring (bicyclic) bond motifs is 1. The van der Waals surface area contributed by atoms with Gasteiger partial charge in [-0.2, -0.15) is 0 Å². The molecule has 0 saturated carbocycles. The summed E-state index contributed by atoms with van der Waals surface area (Å²) in [6, 6.07) is 0. The molecule has 1 saturated heterocycles. The Morgan fingerprint density at radius 2 is 1.70 bits per heavy atom. The molecular weight excluding hydrogens is 448 g/mol. The van der Waals surface area contributed by atoms with Gasteiger partial charge in [0.1, 0.15) is 38.3 Å². The fraction of sp³-hybridized carbons (Fsp3) is 0.524. The molecule has 0 bridgehead atoms. The van der Waals surface area contributed by atoms with Crippen LogP contribution in [0.4, 0.5) is 0 Å².